The minimum absolute atomic E-state index is 0.152. The summed E-state index contributed by atoms with van der Waals surface area (Å²) in [7, 11) is 0. The third kappa shape index (κ3) is 2.03. The maximum absolute atomic E-state index is 10.8. The van der Waals surface area contributed by atoms with Gasteiger partial charge in [0.2, 0.25) is 5.01 Å². The normalized spacial score (nSPS) is 14.4. The third-order valence-electron chi connectivity index (χ3n) is 3.18. The van der Waals surface area contributed by atoms with E-state index < -0.39 is 5.97 Å². The van der Waals surface area contributed by atoms with Crippen LogP contribution in [-0.4, -0.2) is 25.6 Å². The second-order valence-electron chi connectivity index (χ2n) is 4.42. The predicted octanol–water partition coefficient (Wildman–Crippen LogP) is 1.96. The summed E-state index contributed by atoms with van der Waals surface area (Å²) in [4.78, 5) is 19.3. The van der Waals surface area contributed by atoms with E-state index in [0.717, 1.165) is 18.5 Å². The van der Waals surface area contributed by atoms with Crippen LogP contribution in [0, 0.1) is 0 Å². The number of aromatic carboxylic acids is 1. The topological polar surface area (TPSA) is 68.0 Å². The van der Waals surface area contributed by atoms with Gasteiger partial charge in [0.05, 0.1) is 24.3 Å². The number of carboxylic acid groups (broad SMARTS) is 1. The number of nitrogens with zero attached hydrogens (tertiary/aromatic N) is 3. The van der Waals surface area contributed by atoms with Gasteiger partial charge in [-0.05, 0) is 25.7 Å². The first kappa shape index (κ1) is 11.4. The standard InChI is InChI=1S/C12H13N3O2S/c16-12(17)11-14-8(6-18-11)5-15-7-13-9-3-1-2-4-10(9)15/h6-7H,1-5H2,(H,16,17). The molecule has 5 nitrogen and oxygen atoms in total. The molecular weight excluding hydrogens is 250 g/mol. The van der Waals surface area contributed by atoms with Crippen molar-refractivity contribution in [2.45, 2.75) is 32.2 Å². The number of imidazole rings is 1. The van der Waals surface area contributed by atoms with Crippen LogP contribution in [-0.2, 0) is 19.4 Å². The molecule has 0 aliphatic heterocycles. The lowest BCUT2D eigenvalue weighted by Crippen LogP contribution is -2.09. The smallest absolute Gasteiger partial charge is 0.365 e. The van der Waals surface area contributed by atoms with Crippen LogP contribution >= 0.6 is 11.3 Å². The number of carboxylic acids is 1. The van der Waals surface area contributed by atoms with Gasteiger partial charge in [0.1, 0.15) is 0 Å². The van der Waals surface area contributed by atoms with E-state index in [1.165, 1.54) is 35.6 Å². The second kappa shape index (κ2) is 4.53. The van der Waals surface area contributed by atoms with Gasteiger partial charge >= 0.3 is 5.97 Å². The lowest BCUT2D eigenvalue weighted by Gasteiger charge is -2.13. The molecule has 1 aliphatic carbocycles. The van der Waals surface area contributed by atoms with E-state index >= 15 is 0 Å². The summed E-state index contributed by atoms with van der Waals surface area (Å²) in [5.41, 5.74) is 3.27. The van der Waals surface area contributed by atoms with Gasteiger partial charge in [0.25, 0.3) is 0 Å². The third-order valence-corrected chi connectivity index (χ3v) is 4.06. The van der Waals surface area contributed by atoms with Gasteiger partial charge in [-0.2, -0.15) is 0 Å². The van der Waals surface area contributed by atoms with Crippen LogP contribution < -0.4 is 0 Å². The maximum Gasteiger partial charge on any atom is 0.365 e. The van der Waals surface area contributed by atoms with Gasteiger partial charge in [-0.15, -0.1) is 11.3 Å². The first-order valence-electron chi connectivity index (χ1n) is 5.94. The number of hydrogen-bond acceptors (Lipinski definition) is 4. The Labute approximate surface area is 108 Å². The van der Waals surface area contributed by atoms with Crippen LogP contribution in [0.5, 0.6) is 0 Å². The minimum atomic E-state index is -0.959. The molecule has 0 amide bonds. The SMILES string of the molecule is O=C(O)c1nc(Cn2cnc3c2CCCC3)cs1. The molecule has 2 aromatic rings. The van der Waals surface area contributed by atoms with Crippen LogP contribution in [0.1, 0.15) is 39.7 Å². The largest absolute Gasteiger partial charge is 0.476 e. The van der Waals surface area contributed by atoms with Gasteiger partial charge in [-0.1, -0.05) is 0 Å². The van der Waals surface area contributed by atoms with Crippen molar-refractivity contribution in [1.82, 2.24) is 14.5 Å². The molecule has 0 bridgehead atoms. The van der Waals surface area contributed by atoms with E-state index in [2.05, 4.69) is 14.5 Å². The Morgan fingerprint density at radius 3 is 3.06 bits per heavy atom. The molecule has 1 aliphatic rings. The summed E-state index contributed by atoms with van der Waals surface area (Å²) in [6, 6.07) is 0. The number of rotatable bonds is 3. The zero-order chi connectivity index (χ0) is 12.5. The van der Waals surface area contributed by atoms with Gasteiger partial charge < -0.3 is 9.67 Å². The van der Waals surface area contributed by atoms with Crippen molar-refractivity contribution in [2.24, 2.45) is 0 Å². The highest BCUT2D eigenvalue weighted by Crippen LogP contribution is 2.21. The average Bonchev–Trinajstić information content (AvgIpc) is 2.98. The summed E-state index contributed by atoms with van der Waals surface area (Å²) in [5, 5.41) is 10.8. The minimum Gasteiger partial charge on any atom is -0.476 e. The molecule has 0 aromatic carbocycles. The Bertz CT molecular complexity index is 588. The molecule has 0 unspecified atom stereocenters. The Morgan fingerprint density at radius 2 is 2.28 bits per heavy atom. The Morgan fingerprint density at radius 1 is 1.44 bits per heavy atom. The van der Waals surface area contributed by atoms with Crippen molar-refractivity contribution in [1.29, 1.82) is 0 Å². The van der Waals surface area contributed by atoms with E-state index in [-0.39, 0.29) is 5.01 Å². The number of thiazole rings is 1. The summed E-state index contributed by atoms with van der Waals surface area (Å²) in [5.74, 6) is -0.959. The van der Waals surface area contributed by atoms with Crippen molar-refractivity contribution in [3.05, 3.63) is 33.8 Å². The molecule has 0 saturated carbocycles. The maximum atomic E-state index is 10.8. The molecular formula is C12H13N3O2S. The number of carbonyl (C=O) groups is 1. The van der Waals surface area contributed by atoms with E-state index in [0.29, 0.717) is 6.54 Å². The molecule has 1 N–H and O–H groups in total. The number of fused-ring (bicyclic) bond motifs is 1. The van der Waals surface area contributed by atoms with Crippen molar-refractivity contribution in [3.63, 3.8) is 0 Å². The molecule has 18 heavy (non-hydrogen) atoms. The van der Waals surface area contributed by atoms with Crippen LogP contribution in [0.4, 0.5) is 0 Å². The summed E-state index contributed by atoms with van der Waals surface area (Å²) < 4.78 is 2.09. The van der Waals surface area contributed by atoms with E-state index in [1.807, 2.05) is 6.33 Å². The van der Waals surface area contributed by atoms with Crippen LogP contribution in [0.25, 0.3) is 0 Å². The Kier molecular flexibility index (Phi) is 2.87. The van der Waals surface area contributed by atoms with E-state index in [9.17, 15) is 4.79 Å². The fraction of sp³-hybridized carbons (Fsp3) is 0.417. The summed E-state index contributed by atoms with van der Waals surface area (Å²) >= 11 is 1.17. The van der Waals surface area contributed by atoms with Crippen LogP contribution in [0.2, 0.25) is 0 Å². The molecule has 0 atom stereocenters. The van der Waals surface area contributed by atoms with Gasteiger partial charge in [0, 0.05) is 11.1 Å². The second-order valence-corrected chi connectivity index (χ2v) is 5.28. The number of aromatic nitrogens is 3. The first-order valence-corrected chi connectivity index (χ1v) is 6.82. The highest BCUT2D eigenvalue weighted by molar-refractivity contribution is 7.11. The quantitative estimate of drug-likeness (QED) is 0.919. The van der Waals surface area contributed by atoms with Crippen LogP contribution in [0.15, 0.2) is 11.7 Å². The monoisotopic (exact) mass is 263 g/mol. The highest BCUT2D eigenvalue weighted by Gasteiger charge is 2.16. The van der Waals surface area contributed by atoms with E-state index in [1.54, 1.807) is 5.38 Å². The fourth-order valence-electron chi connectivity index (χ4n) is 2.32. The molecule has 2 aromatic heterocycles. The summed E-state index contributed by atoms with van der Waals surface area (Å²) in [6.45, 7) is 0.617. The lowest BCUT2D eigenvalue weighted by molar-refractivity contribution is 0.0696. The highest BCUT2D eigenvalue weighted by atomic mass is 32.1. The fourth-order valence-corrected chi connectivity index (χ4v) is 2.97. The zero-order valence-electron chi connectivity index (χ0n) is 9.80. The molecule has 3 rings (SSSR count). The van der Waals surface area contributed by atoms with Crippen molar-refractivity contribution in [3.8, 4) is 0 Å². The van der Waals surface area contributed by atoms with Crippen LogP contribution in [0.3, 0.4) is 0 Å². The van der Waals surface area contributed by atoms with Gasteiger partial charge in [-0.3, -0.25) is 0 Å². The summed E-state index contributed by atoms with van der Waals surface area (Å²) in [6.07, 6.45) is 6.38. The molecule has 94 valence electrons. The number of hydrogen-bond donors (Lipinski definition) is 1. The average molecular weight is 263 g/mol. The molecule has 6 heteroatoms. The van der Waals surface area contributed by atoms with Crippen molar-refractivity contribution < 1.29 is 9.90 Å². The zero-order valence-corrected chi connectivity index (χ0v) is 10.6. The first-order chi connectivity index (χ1) is 8.74. The lowest BCUT2D eigenvalue weighted by atomic mass is 10.0. The molecule has 0 saturated heterocycles. The Balaban J connectivity index is 1.83. The molecule has 0 radical (unpaired) electrons. The van der Waals surface area contributed by atoms with E-state index in [4.69, 9.17) is 5.11 Å². The molecule has 0 spiro atoms. The number of aryl methyl sites for hydroxylation is 1. The Hall–Kier alpha value is -1.69. The van der Waals surface area contributed by atoms with Crippen molar-refractivity contribution >= 4 is 17.3 Å². The molecule has 2 heterocycles. The van der Waals surface area contributed by atoms with Gasteiger partial charge in [-0.25, -0.2) is 14.8 Å². The predicted molar refractivity (Wildman–Crippen MR) is 67.0 cm³/mol. The molecule has 0 fully saturated rings. The van der Waals surface area contributed by atoms with Crippen molar-refractivity contribution in [2.75, 3.05) is 0 Å². The van der Waals surface area contributed by atoms with Gasteiger partial charge in [0.15, 0.2) is 0 Å².